The van der Waals surface area contributed by atoms with E-state index >= 15 is 0 Å². The van der Waals surface area contributed by atoms with Crippen molar-refractivity contribution in [1.29, 1.82) is 0 Å². The van der Waals surface area contributed by atoms with E-state index < -0.39 is 24.1 Å². The lowest BCUT2D eigenvalue weighted by molar-refractivity contribution is -0.181. The number of esters is 2. The number of benzene rings is 1. The molecule has 0 amide bonds. The molecule has 3 atom stereocenters. The van der Waals surface area contributed by atoms with E-state index in [-0.39, 0.29) is 24.8 Å². The molecule has 0 saturated carbocycles. The van der Waals surface area contributed by atoms with Crippen LogP contribution in [0.5, 0.6) is 5.75 Å². The summed E-state index contributed by atoms with van der Waals surface area (Å²) in [5, 5.41) is 10.5. The molecule has 2 heterocycles. The second kappa shape index (κ2) is 10.3. The SMILES string of the molecule is CCOC(=O)/C=C/C(=O)OC(C(=O)O)N1C2CCC1CC(Oc1ccc(Cl)c(Cl)c1)C2. The van der Waals surface area contributed by atoms with Crippen molar-refractivity contribution in [2.75, 3.05) is 6.61 Å². The molecule has 2 saturated heterocycles. The van der Waals surface area contributed by atoms with Crippen LogP contribution in [0.4, 0.5) is 0 Å². The van der Waals surface area contributed by atoms with E-state index in [4.69, 9.17) is 32.7 Å². The normalized spacial score (nSPS) is 24.0. The van der Waals surface area contributed by atoms with Gasteiger partial charge in [0.25, 0.3) is 6.23 Å². The number of hydrogen-bond donors (Lipinski definition) is 1. The molecule has 0 aliphatic carbocycles. The summed E-state index contributed by atoms with van der Waals surface area (Å²) in [6.45, 7) is 1.80. The maximum atomic E-state index is 12.1. The van der Waals surface area contributed by atoms with E-state index in [2.05, 4.69) is 4.74 Å². The van der Waals surface area contributed by atoms with Gasteiger partial charge in [0.15, 0.2) is 0 Å². The fourth-order valence-corrected chi connectivity index (χ4v) is 4.39. The van der Waals surface area contributed by atoms with Crippen LogP contribution in [0.25, 0.3) is 0 Å². The Morgan fingerprint density at radius 3 is 2.35 bits per heavy atom. The molecule has 8 nitrogen and oxygen atoms in total. The van der Waals surface area contributed by atoms with E-state index in [1.165, 1.54) is 0 Å². The van der Waals surface area contributed by atoms with Crippen LogP contribution in [0.3, 0.4) is 0 Å². The third-order valence-corrected chi connectivity index (χ3v) is 6.03. The Morgan fingerprint density at radius 2 is 1.77 bits per heavy atom. The lowest BCUT2D eigenvalue weighted by Crippen LogP contribution is -2.55. The molecule has 3 rings (SSSR count). The number of carboxylic acid groups (broad SMARTS) is 1. The number of fused-ring (bicyclic) bond motifs is 2. The van der Waals surface area contributed by atoms with Crippen LogP contribution in [0.1, 0.15) is 32.6 Å². The Kier molecular flexibility index (Phi) is 7.80. The molecule has 2 aliphatic rings. The van der Waals surface area contributed by atoms with Crippen LogP contribution in [-0.2, 0) is 23.9 Å². The van der Waals surface area contributed by atoms with Crippen molar-refractivity contribution in [3.63, 3.8) is 0 Å². The monoisotopic (exact) mass is 471 g/mol. The molecule has 2 aliphatic heterocycles. The van der Waals surface area contributed by atoms with Crippen LogP contribution in [0, 0.1) is 0 Å². The summed E-state index contributed by atoms with van der Waals surface area (Å²) in [6.07, 6.45) is 2.92. The van der Waals surface area contributed by atoms with Crippen LogP contribution in [0.2, 0.25) is 10.0 Å². The highest BCUT2D eigenvalue weighted by molar-refractivity contribution is 6.42. The highest BCUT2D eigenvalue weighted by atomic mass is 35.5. The van der Waals surface area contributed by atoms with E-state index in [9.17, 15) is 19.5 Å². The van der Waals surface area contributed by atoms with Gasteiger partial charge in [-0.25, -0.2) is 14.4 Å². The minimum Gasteiger partial charge on any atom is -0.490 e. The number of piperidine rings is 1. The molecule has 0 spiro atoms. The Labute approximate surface area is 189 Å². The van der Waals surface area contributed by atoms with Crippen molar-refractivity contribution < 1.29 is 33.7 Å². The second-order valence-electron chi connectivity index (χ2n) is 7.33. The predicted molar refractivity (Wildman–Crippen MR) is 112 cm³/mol. The van der Waals surface area contributed by atoms with Crippen LogP contribution in [-0.4, -0.2) is 58.9 Å². The zero-order valence-corrected chi connectivity index (χ0v) is 18.3. The van der Waals surface area contributed by atoms with Crippen LogP contribution >= 0.6 is 23.2 Å². The standard InChI is InChI=1S/C21H23Cl2NO7/c1-2-29-18(25)7-8-19(26)31-20(21(27)28)24-12-3-4-13(24)10-15(9-12)30-14-5-6-16(22)17(23)11-14/h5-8,11-13,15,20H,2-4,9-10H2,1H3,(H,27,28)/b8-7+. The van der Waals surface area contributed by atoms with Crippen LogP contribution in [0.15, 0.2) is 30.4 Å². The number of nitrogens with zero attached hydrogens (tertiary/aromatic N) is 1. The largest absolute Gasteiger partial charge is 0.490 e. The minimum absolute atomic E-state index is 0.116. The molecule has 2 fully saturated rings. The minimum atomic E-state index is -1.44. The van der Waals surface area contributed by atoms with Gasteiger partial charge in [-0.15, -0.1) is 0 Å². The third kappa shape index (κ3) is 5.90. The first-order valence-electron chi connectivity index (χ1n) is 9.95. The number of aliphatic carboxylic acids is 1. The molecule has 2 bridgehead atoms. The number of ether oxygens (including phenoxy) is 3. The summed E-state index contributed by atoms with van der Waals surface area (Å²) in [6, 6.07) is 4.81. The molecule has 1 N–H and O–H groups in total. The van der Waals surface area contributed by atoms with E-state index in [0.717, 1.165) is 25.0 Å². The first-order valence-corrected chi connectivity index (χ1v) is 10.7. The average Bonchev–Trinajstić information content (AvgIpc) is 2.97. The summed E-state index contributed by atoms with van der Waals surface area (Å²) in [5.41, 5.74) is 0. The predicted octanol–water partition coefficient (Wildman–Crippen LogP) is 3.44. The quantitative estimate of drug-likeness (QED) is 0.454. The first kappa shape index (κ1) is 23.4. The number of carboxylic acids is 1. The van der Waals surface area contributed by atoms with Gasteiger partial charge in [-0.1, -0.05) is 23.2 Å². The lowest BCUT2D eigenvalue weighted by atomic mass is 9.99. The van der Waals surface area contributed by atoms with Crippen molar-refractivity contribution in [2.45, 2.75) is 57.0 Å². The molecule has 168 valence electrons. The zero-order chi connectivity index (χ0) is 22.5. The maximum Gasteiger partial charge on any atom is 0.361 e. The number of carbonyl (C=O) groups is 3. The Bertz CT molecular complexity index is 861. The molecular formula is C21H23Cl2NO7. The first-order chi connectivity index (χ1) is 14.8. The zero-order valence-electron chi connectivity index (χ0n) is 16.8. The second-order valence-corrected chi connectivity index (χ2v) is 8.15. The molecule has 0 radical (unpaired) electrons. The highest BCUT2D eigenvalue weighted by Crippen LogP contribution is 2.39. The smallest absolute Gasteiger partial charge is 0.361 e. The van der Waals surface area contributed by atoms with Gasteiger partial charge in [0.1, 0.15) is 11.9 Å². The van der Waals surface area contributed by atoms with Gasteiger partial charge in [0, 0.05) is 43.1 Å². The van der Waals surface area contributed by atoms with E-state index in [1.807, 2.05) is 0 Å². The van der Waals surface area contributed by atoms with Gasteiger partial charge >= 0.3 is 17.9 Å². The van der Waals surface area contributed by atoms with Crippen LogP contribution < -0.4 is 4.74 Å². The van der Waals surface area contributed by atoms with Crippen molar-refractivity contribution in [2.24, 2.45) is 0 Å². The summed E-state index contributed by atoms with van der Waals surface area (Å²) < 4.78 is 15.9. The Balaban J connectivity index is 1.64. The number of rotatable bonds is 8. The maximum absolute atomic E-state index is 12.1. The highest BCUT2D eigenvalue weighted by Gasteiger charge is 2.48. The van der Waals surface area contributed by atoms with Gasteiger partial charge in [0.2, 0.25) is 0 Å². The third-order valence-electron chi connectivity index (χ3n) is 5.29. The summed E-state index contributed by atoms with van der Waals surface area (Å²) >= 11 is 12.0. The van der Waals surface area contributed by atoms with Crippen molar-refractivity contribution >= 4 is 41.1 Å². The Morgan fingerprint density at radius 1 is 1.13 bits per heavy atom. The fourth-order valence-electron chi connectivity index (χ4n) is 4.10. The van der Waals surface area contributed by atoms with Crippen molar-refractivity contribution in [3.05, 3.63) is 40.4 Å². The van der Waals surface area contributed by atoms with E-state index in [0.29, 0.717) is 28.6 Å². The van der Waals surface area contributed by atoms with E-state index in [1.54, 1.807) is 30.0 Å². The molecule has 10 heteroatoms. The Hall–Kier alpha value is -2.29. The van der Waals surface area contributed by atoms with Crippen molar-refractivity contribution in [3.8, 4) is 5.75 Å². The van der Waals surface area contributed by atoms with Gasteiger partial charge in [-0.3, -0.25) is 4.90 Å². The molecular weight excluding hydrogens is 449 g/mol. The van der Waals surface area contributed by atoms with Gasteiger partial charge in [-0.2, -0.15) is 0 Å². The van der Waals surface area contributed by atoms with Crippen molar-refractivity contribution in [1.82, 2.24) is 4.90 Å². The average molecular weight is 472 g/mol. The topological polar surface area (TPSA) is 102 Å². The summed E-state index contributed by atoms with van der Waals surface area (Å²) in [4.78, 5) is 36.9. The fraction of sp³-hybridized carbons (Fsp3) is 0.476. The molecule has 31 heavy (non-hydrogen) atoms. The molecule has 1 aromatic carbocycles. The van der Waals surface area contributed by atoms with Gasteiger partial charge in [0.05, 0.1) is 16.7 Å². The molecule has 1 aromatic rings. The summed E-state index contributed by atoms with van der Waals surface area (Å²) in [5.74, 6) is -2.29. The van der Waals surface area contributed by atoms with Gasteiger partial charge < -0.3 is 19.3 Å². The summed E-state index contributed by atoms with van der Waals surface area (Å²) in [7, 11) is 0. The number of hydrogen-bond acceptors (Lipinski definition) is 7. The number of carbonyl (C=O) groups excluding carboxylic acids is 2. The van der Waals surface area contributed by atoms with Gasteiger partial charge in [-0.05, 0) is 31.9 Å². The number of halogens is 2. The molecule has 0 aromatic heterocycles. The lowest BCUT2D eigenvalue weighted by Gasteiger charge is -2.40. The molecule has 3 unspecified atom stereocenters.